The maximum Gasteiger partial charge on any atom is 0.180 e. The first kappa shape index (κ1) is 17.6. The lowest BCUT2D eigenvalue weighted by Gasteiger charge is -2.20. The minimum absolute atomic E-state index is 0.140. The van der Waals surface area contributed by atoms with Crippen molar-refractivity contribution < 1.29 is 4.74 Å². The van der Waals surface area contributed by atoms with E-state index < -0.39 is 0 Å². The van der Waals surface area contributed by atoms with Crippen molar-refractivity contribution in [1.82, 2.24) is 15.0 Å². The Kier molecular flexibility index (Phi) is 5.39. The number of aryl methyl sites for hydroxylation is 1. The van der Waals surface area contributed by atoms with Gasteiger partial charge in [-0.3, -0.25) is 4.98 Å². The van der Waals surface area contributed by atoms with Crippen LogP contribution in [0.1, 0.15) is 30.7 Å². The summed E-state index contributed by atoms with van der Waals surface area (Å²) in [5, 5.41) is 3.51. The molecular weight excluding hydrogens is 336 g/mol. The summed E-state index contributed by atoms with van der Waals surface area (Å²) in [5.41, 5.74) is 3.05. The highest BCUT2D eigenvalue weighted by Gasteiger charge is 2.29. The molecule has 1 aliphatic heterocycles. The highest BCUT2D eigenvalue weighted by atomic mass is 16.5. The molecule has 0 saturated carbocycles. The van der Waals surface area contributed by atoms with Gasteiger partial charge in [-0.15, -0.1) is 0 Å². The van der Waals surface area contributed by atoms with E-state index >= 15 is 0 Å². The van der Waals surface area contributed by atoms with Crippen LogP contribution in [0.4, 0.5) is 5.82 Å². The normalized spacial score (nSPS) is 19.1. The van der Waals surface area contributed by atoms with Crippen molar-refractivity contribution in [3.05, 3.63) is 72.1 Å². The van der Waals surface area contributed by atoms with Gasteiger partial charge in [-0.1, -0.05) is 43.3 Å². The predicted molar refractivity (Wildman–Crippen MR) is 106 cm³/mol. The molecule has 3 heterocycles. The van der Waals surface area contributed by atoms with Crippen molar-refractivity contribution in [2.24, 2.45) is 5.92 Å². The van der Waals surface area contributed by atoms with Crippen molar-refractivity contribution in [3.63, 3.8) is 0 Å². The second-order valence-corrected chi connectivity index (χ2v) is 6.77. The lowest BCUT2D eigenvalue weighted by atomic mass is 9.95. The largest absolute Gasteiger partial charge is 0.373 e. The van der Waals surface area contributed by atoms with Crippen LogP contribution in [-0.4, -0.2) is 28.1 Å². The van der Waals surface area contributed by atoms with Gasteiger partial charge in [-0.05, 0) is 30.5 Å². The van der Waals surface area contributed by atoms with Crippen molar-refractivity contribution in [2.75, 3.05) is 18.5 Å². The van der Waals surface area contributed by atoms with Gasteiger partial charge in [0, 0.05) is 37.0 Å². The molecule has 1 aliphatic rings. The number of aromatic nitrogens is 3. The molecule has 27 heavy (non-hydrogen) atoms. The number of pyridine rings is 1. The first-order valence-electron chi connectivity index (χ1n) is 9.53. The maximum absolute atomic E-state index is 6.00. The number of anilines is 1. The monoisotopic (exact) mass is 360 g/mol. The molecular formula is C22H24N4O. The molecule has 0 amide bonds. The third kappa shape index (κ3) is 4.14. The SMILES string of the molecule is CCc1cc(NCC2CCOC2c2ccccc2)nc(-c2ccccn2)n1. The average Bonchev–Trinajstić information content (AvgIpc) is 3.22. The number of hydrogen-bond donors (Lipinski definition) is 1. The summed E-state index contributed by atoms with van der Waals surface area (Å²) >= 11 is 0. The van der Waals surface area contributed by atoms with E-state index in [1.165, 1.54) is 5.56 Å². The maximum atomic E-state index is 6.00. The summed E-state index contributed by atoms with van der Waals surface area (Å²) in [7, 11) is 0. The molecule has 4 rings (SSSR count). The summed E-state index contributed by atoms with van der Waals surface area (Å²) in [6, 6.07) is 18.3. The molecule has 138 valence electrons. The molecule has 1 N–H and O–H groups in total. The van der Waals surface area contributed by atoms with E-state index in [-0.39, 0.29) is 6.10 Å². The van der Waals surface area contributed by atoms with Crippen molar-refractivity contribution in [2.45, 2.75) is 25.9 Å². The van der Waals surface area contributed by atoms with Crippen LogP contribution >= 0.6 is 0 Å². The molecule has 0 spiro atoms. The minimum atomic E-state index is 0.140. The Morgan fingerprint density at radius 2 is 1.93 bits per heavy atom. The van der Waals surface area contributed by atoms with E-state index in [0.29, 0.717) is 11.7 Å². The zero-order valence-corrected chi connectivity index (χ0v) is 15.5. The molecule has 0 radical (unpaired) electrons. The average molecular weight is 360 g/mol. The minimum Gasteiger partial charge on any atom is -0.373 e. The summed E-state index contributed by atoms with van der Waals surface area (Å²) in [6.07, 6.45) is 3.81. The summed E-state index contributed by atoms with van der Waals surface area (Å²) in [5.74, 6) is 1.94. The zero-order valence-electron chi connectivity index (χ0n) is 15.5. The lowest BCUT2D eigenvalue weighted by molar-refractivity contribution is 0.0933. The molecule has 1 saturated heterocycles. The highest BCUT2D eigenvalue weighted by molar-refractivity contribution is 5.53. The lowest BCUT2D eigenvalue weighted by Crippen LogP contribution is -2.18. The molecule has 2 atom stereocenters. The van der Waals surface area contributed by atoms with Crippen LogP contribution in [0.5, 0.6) is 0 Å². The van der Waals surface area contributed by atoms with Gasteiger partial charge >= 0.3 is 0 Å². The van der Waals surface area contributed by atoms with Gasteiger partial charge in [0.1, 0.15) is 11.5 Å². The Morgan fingerprint density at radius 3 is 2.70 bits per heavy atom. The molecule has 2 aromatic heterocycles. The molecule has 1 aromatic carbocycles. The van der Waals surface area contributed by atoms with E-state index in [4.69, 9.17) is 4.74 Å². The Bertz CT molecular complexity index is 870. The summed E-state index contributed by atoms with van der Waals surface area (Å²) in [6.45, 7) is 3.72. The van der Waals surface area contributed by atoms with Crippen LogP contribution in [0, 0.1) is 5.92 Å². The smallest absolute Gasteiger partial charge is 0.180 e. The highest BCUT2D eigenvalue weighted by Crippen LogP contribution is 2.34. The van der Waals surface area contributed by atoms with Gasteiger partial charge in [-0.2, -0.15) is 0 Å². The van der Waals surface area contributed by atoms with Gasteiger partial charge in [0.15, 0.2) is 5.82 Å². The van der Waals surface area contributed by atoms with Crippen LogP contribution < -0.4 is 5.32 Å². The molecule has 0 bridgehead atoms. The fraction of sp³-hybridized carbons (Fsp3) is 0.318. The Morgan fingerprint density at radius 1 is 1.07 bits per heavy atom. The molecule has 0 aliphatic carbocycles. The van der Waals surface area contributed by atoms with E-state index in [9.17, 15) is 0 Å². The van der Waals surface area contributed by atoms with Crippen LogP contribution in [-0.2, 0) is 11.2 Å². The van der Waals surface area contributed by atoms with E-state index in [0.717, 1.165) is 43.2 Å². The Labute approximate surface area is 159 Å². The number of hydrogen-bond acceptors (Lipinski definition) is 5. The fourth-order valence-electron chi connectivity index (χ4n) is 3.47. The van der Waals surface area contributed by atoms with Crippen LogP contribution in [0.3, 0.4) is 0 Å². The molecule has 2 unspecified atom stereocenters. The first-order valence-corrected chi connectivity index (χ1v) is 9.53. The number of nitrogens with zero attached hydrogens (tertiary/aromatic N) is 3. The van der Waals surface area contributed by atoms with E-state index in [1.54, 1.807) is 6.20 Å². The van der Waals surface area contributed by atoms with Crippen LogP contribution in [0.25, 0.3) is 11.5 Å². The van der Waals surface area contributed by atoms with Crippen molar-refractivity contribution >= 4 is 5.82 Å². The van der Waals surface area contributed by atoms with Crippen molar-refractivity contribution in [3.8, 4) is 11.5 Å². The zero-order chi connectivity index (χ0) is 18.5. The predicted octanol–water partition coefficient (Wildman–Crippen LogP) is 4.29. The van der Waals surface area contributed by atoms with Crippen molar-refractivity contribution in [1.29, 1.82) is 0 Å². The standard InChI is InChI=1S/C22H24N4O/c1-2-18-14-20(26-22(25-18)19-10-6-7-12-23-19)24-15-17-11-13-27-21(17)16-8-4-3-5-9-16/h3-10,12,14,17,21H,2,11,13,15H2,1H3,(H,24,25,26). The van der Waals surface area contributed by atoms with Gasteiger partial charge < -0.3 is 10.1 Å². The number of ether oxygens (including phenoxy) is 1. The third-order valence-electron chi connectivity index (χ3n) is 4.92. The molecule has 3 aromatic rings. The van der Waals surface area contributed by atoms with Crippen LogP contribution in [0.2, 0.25) is 0 Å². The van der Waals surface area contributed by atoms with Gasteiger partial charge in [0.2, 0.25) is 0 Å². The number of rotatable bonds is 6. The number of benzene rings is 1. The second-order valence-electron chi connectivity index (χ2n) is 6.77. The summed E-state index contributed by atoms with van der Waals surface area (Å²) < 4.78 is 6.00. The first-order chi connectivity index (χ1) is 13.3. The van der Waals surface area contributed by atoms with Crippen LogP contribution in [0.15, 0.2) is 60.8 Å². The van der Waals surface area contributed by atoms with E-state index in [1.807, 2.05) is 30.3 Å². The van der Waals surface area contributed by atoms with Gasteiger partial charge in [0.05, 0.1) is 6.10 Å². The summed E-state index contributed by atoms with van der Waals surface area (Å²) in [4.78, 5) is 13.7. The number of nitrogens with one attached hydrogen (secondary N) is 1. The molecule has 1 fully saturated rings. The Balaban J connectivity index is 1.51. The topological polar surface area (TPSA) is 59.9 Å². The second kappa shape index (κ2) is 8.27. The Hall–Kier alpha value is -2.79. The molecule has 5 heteroatoms. The molecule has 5 nitrogen and oxygen atoms in total. The van der Waals surface area contributed by atoms with Gasteiger partial charge in [-0.25, -0.2) is 9.97 Å². The third-order valence-corrected chi connectivity index (χ3v) is 4.92. The fourth-order valence-corrected chi connectivity index (χ4v) is 3.47. The van der Waals surface area contributed by atoms with Gasteiger partial charge in [0.25, 0.3) is 0 Å². The van der Waals surface area contributed by atoms with E-state index in [2.05, 4.69) is 51.5 Å². The quantitative estimate of drug-likeness (QED) is 0.710.